The Bertz CT molecular complexity index is 534. The van der Waals surface area contributed by atoms with Gasteiger partial charge in [0.05, 0.1) is 6.04 Å². The highest BCUT2D eigenvalue weighted by Crippen LogP contribution is 2.49. The van der Waals surface area contributed by atoms with Crippen molar-refractivity contribution in [2.24, 2.45) is 17.8 Å². The molecule has 0 aromatic carbocycles. The van der Waals surface area contributed by atoms with Gasteiger partial charge in [0.2, 0.25) is 5.91 Å². The minimum atomic E-state index is 0. The fraction of sp³-hybridized carbons (Fsp3) is 0.765. The van der Waals surface area contributed by atoms with Gasteiger partial charge in [-0.3, -0.25) is 9.48 Å². The first-order valence-electron chi connectivity index (χ1n) is 8.88. The maximum Gasteiger partial charge on any atom is 0.228 e. The van der Waals surface area contributed by atoms with E-state index in [4.69, 9.17) is 0 Å². The maximum absolute atomic E-state index is 12.4. The van der Waals surface area contributed by atoms with Gasteiger partial charge in [0.25, 0.3) is 0 Å². The Morgan fingerprint density at radius 3 is 2.83 bits per heavy atom. The van der Waals surface area contributed by atoms with Crippen LogP contribution >= 0.6 is 12.4 Å². The second kappa shape index (κ2) is 7.22. The third kappa shape index (κ3) is 3.72. The fourth-order valence-corrected chi connectivity index (χ4v) is 4.29. The van der Waals surface area contributed by atoms with Gasteiger partial charge in [-0.1, -0.05) is 32.1 Å². The van der Waals surface area contributed by atoms with E-state index in [0.717, 1.165) is 31.8 Å². The van der Waals surface area contributed by atoms with Gasteiger partial charge < -0.3 is 10.6 Å². The number of aromatic nitrogens is 2. The highest BCUT2D eigenvalue weighted by atomic mass is 35.5. The van der Waals surface area contributed by atoms with Gasteiger partial charge in [-0.2, -0.15) is 5.10 Å². The van der Waals surface area contributed by atoms with Gasteiger partial charge in [0.1, 0.15) is 0 Å². The van der Waals surface area contributed by atoms with Crippen LogP contribution in [0.2, 0.25) is 0 Å². The van der Waals surface area contributed by atoms with Crippen LogP contribution in [0, 0.1) is 17.8 Å². The average molecular weight is 339 g/mol. The molecule has 4 rings (SSSR count). The molecule has 5 nitrogen and oxygen atoms in total. The number of halogens is 1. The van der Waals surface area contributed by atoms with E-state index in [1.165, 1.54) is 32.1 Å². The highest BCUT2D eigenvalue weighted by Gasteiger charge is 2.47. The molecule has 6 heteroatoms. The lowest BCUT2D eigenvalue weighted by Gasteiger charge is -2.21. The molecule has 2 aliphatic carbocycles. The standard InChI is InChI=1S/C17H26N4O.ClH/c22-17(15-10-14(15)12-4-2-1-3-5-12)19-16-7-9-21(20-16)13-6-8-18-11-13;/h7,9,12-15,18H,1-6,8,10-11H2,(H,19,20,22);1H. The molecular weight excluding hydrogens is 312 g/mol. The van der Waals surface area contributed by atoms with E-state index < -0.39 is 0 Å². The molecule has 23 heavy (non-hydrogen) atoms. The van der Waals surface area contributed by atoms with Crippen molar-refractivity contribution >= 4 is 24.1 Å². The quantitative estimate of drug-likeness (QED) is 0.887. The lowest BCUT2D eigenvalue weighted by Crippen LogP contribution is -2.19. The number of rotatable bonds is 4. The van der Waals surface area contributed by atoms with Crippen molar-refractivity contribution in [2.45, 2.75) is 51.0 Å². The van der Waals surface area contributed by atoms with Crippen LogP contribution < -0.4 is 10.6 Å². The monoisotopic (exact) mass is 338 g/mol. The van der Waals surface area contributed by atoms with E-state index in [9.17, 15) is 4.79 Å². The molecule has 0 spiro atoms. The van der Waals surface area contributed by atoms with Crippen LogP contribution in [0.3, 0.4) is 0 Å². The zero-order chi connectivity index (χ0) is 14.9. The number of amides is 1. The van der Waals surface area contributed by atoms with Crippen molar-refractivity contribution < 1.29 is 4.79 Å². The van der Waals surface area contributed by atoms with E-state index in [-0.39, 0.29) is 24.2 Å². The summed E-state index contributed by atoms with van der Waals surface area (Å²) in [6, 6.07) is 2.36. The topological polar surface area (TPSA) is 59.0 Å². The minimum Gasteiger partial charge on any atom is -0.315 e. The Morgan fingerprint density at radius 2 is 2.09 bits per heavy atom. The average Bonchev–Trinajstić information content (AvgIpc) is 2.95. The number of hydrogen-bond donors (Lipinski definition) is 2. The predicted octanol–water partition coefficient (Wildman–Crippen LogP) is 2.99. The molecule has 128 valence electrons. The van der Waals surface area contributed by atoms with E-state index >= 15 is 0 Å². The Kier molecular flexibility index (Phi) is 5.27. The second-order valence-electron chi connectivity index (χ2n) is 7.22. The van der Waals surface area contributed by atoms with Crippen molar-refractivity contribution in [3.63, 3.8) is 0 Å². The summed E-state index contributed by atoms with van der Waals surface area (Å²) in [6.45, 7) is 2.03. The molecule has 1 saturated heterocycles. The van der Waals surface area contributed by atoms with Gasteiger partial charge in [-0.15, -0.1) is 12.4 Å². The normalized spacial score (nSPS) is 30.7. The molecule has 2 N–H and O–H groups in total. The highest BCUT2D eigenvalue weighted by molar-refractivity contribution is 5.93. The number of hydrogen-bond acceptors (Lipinski definition) is 3. The van der Waals surface area contributed by atoms with Crippen LogP contribution in [-0.4, -0.2) is 28.8 Å². The largest absolute Gasteiger partial charge is 0.315 e. The van der Waals surface area contributed by atoms with Crippen molar-refractivity contribution in [3.05, 3.63) is 12.3 Å². The van der Waals surface area contributed by atoms with Crippen LogP contribution in [0.1, 0.15) is 51.0 Å². The van der Waals surface area contributed by atoms with Crippen molar-refractivity contribution in [1.82, 2.24) is 15.1 Å². The first kappa shape index (κ1) is 16.8. The molecule has 3 unspecified atom stereocenters. The van der Waals surface area contributed by atoms with Crippen molar-refractivity contribution in [1.29, 1.82) is 0 Å². The number of carbonyl (C=O) groups is 1. The lowest BCUT2D eigenvalue weighted by atomic mass is 9.85. The van der Waals surface area contributed by atoms with Gasteiger partial charge in [0, 0.05) is 24.7 Å². The molecule has 3 aliphatic rings. The maximum atomic E-state index is 12.4. The zero-order valence-corrected chi connectivity index (χ0v) is 14.4. The van der Waals surface area contributed by atoms with Gasteiger partial charge in [-0.25, -0.2) is 0 Å². The number of nitrogens with one attached hydrogen (secondary N) is 2. The van der Waals surface area contributed by atoms with Crippen LogP contribution in [-0.2, 0) is 4.79 Å². The van der Waals surface area contributed by atoms with Crippen LogP contribution in [0.15, 0.2) is 12.3 Å². The Morgan fingerprint density at radius 1 is 1.26 bits per heavy atom. The fourth-order valence-electron chi connectivity index (χ4n) is 4.29. The summed E-state index contributed by atoms with van der Waals surface area (Å²) in [6.07, 6.45) is 10.9. The van der Waals surface area contributed by atoms with Gasteiger partial charge >= 0.3 is 0 Å². The first-order valence-corrected chi connectivity index (χ1v) is 8.88. The summed E-state index contributed by atoms with van der Waals surface area (Å²) >= 11 is 0. The summed E-state index contributed by atoms with van der Waals surface area (Å²) < 4.78 is 1.99. The molecule has 1 aliphatic heterocycles. The molecule has 2 heterocycles. The number of carbonyl (C=O) groups excluding carboxylic acids is 1. The number of anilines is 1. The molecule has 1 aromatic heterocycles. The van der Waals surface area contributed by atoms with Gasteiger partial charge in [0.15, 0.2) is 5.82 Å². The Labute approximate surface area is 144 Å². The lowest BCUT2D eigenvalue weighted by molar-refractivity contribution is -0.117. The molecular formula is C17H27ClN4O. The third-order valence-corrected chi connectivity index (χ3v) is 5.70. The SMILES string of the molecule is Cl.O=C(Nc1ccn(C2CCNC2)n1)C1CC1C1CCCCC1. The second-order valence-corrected chi connectivity index (χ2v) is 7.22. The Hall–Kier alpha value is -1.07. The summed E-state index contributed by atoms with van der Waals surface area (Å²) in [7, 11) is 0. The smallest absolute Gasteiger partial charge is 0.228 e. The zero-order valence-electron chi connectivity index (χ0n) is 13.5. The molecule has 3 fully saturated rings. The third-order valence-electron chi connectivity index (χ3n) is 5.70. The van der Waals surface area contributed by atoms with E-state index in [1.807, 2.05) is 16.9 Å². The van der Waals surface area contributed by atoms with Crippen molar-refractivity contribution in [3.8, 4) is 0 Å². The molecule has 1 amide bonds. The van der Waals surface area contributed by atoms with Crippen LogP contribution in [0.25, 0.3) is 0 Å². The molecule has 1 aromatic rings. The summed E-state index contributed by atoms with van der Waals surface area (Å²) in [5.74, 6) is 2.58. The predicted molar refractivity (Wildman–Crippen MR) is 92.8 cm³/mol. The summed E-state index contributed by atoms with van der Waals surface area (Å²) in [4.78, 5) is 12.4. The van der Waals surface area contributed by atoms with Crippen molar-refractivity contribution in [2.75, 3.05) is 18.4 Å². The number of nitrogens with zero attached hydrogens (tertiary/aromatic N) is 2. The summed E-state index contributed by atoms with van der Waals surface area (Å²) in [5, 5.41) is 10.9. The molecule has 3 atom stereocenters. The van der Waals surface area contributed by atoms with E-state index in [0.29, 0.717) is 17.8 Å². The van der Waals surface area contributed by atoms with E-state index in [1.54, 1.807) is 0 Å². The minimum absolute atomic E-state index is 0. The van der Waals surface area contributed by atoms with Gasteiger partial charge in [-0.05, 0) is 31.2 Å². The van der Waals surface area contributed by atoms with E-state index in [2.05, 4.69) is 15.7 Å². The Balaban J connectivity index is 0.00000156. The first-order chi connectivity index (χ1) is 10.8. The van der Waals surface area contributed by atoms with Crippen LogP contribution in [0.5, 0.6) is 0 Å². The molecule has 0 bridgehead atoms. The summed E-state index contributed by atoms with van der Waals surface area (Å²) in [5.41, 5.74) is 0. The molecule has 0 radical (unpaired) electrons. The van der Waals surface area contributed by atoms with Crippen LogP contribution in [0.4, 0.5) is 5.82 Å². The molecule has 2 saturated carbocycles.